The van der Waals surface area contributed by atoms with Gasteiger partial charge in [0.05, 0.1) is 11.6 Å². The molecule has 1 heterocycles. The van der Waals surface area contributed by atoms with Crippen molar-refractivity contribution < 1.29 is 14.0 Å². The molecule has 2 aromatic rings. The molecular weight excluding hydrogens is 443 g/mol. The van der Waals surface area contributed by atoms with Crippen molar-refractivity contribution >= 4 is 29.2 Å². The zero-order chi connectivity index (χ0) is 24.0. The zero-order valence-electron chi connectivity index (χ0n) is 19.7. The van der Waals surface area contributed by atoms with Crippen molar-refractivity contribution in [2.45, 2.75) is 58.5 Å². The van der Waals surface area contributed by atoms with E-state index >= 15 is 0 Å². The predicted octanol–water partition coefficient (Wildman–Crippen LogP) is 5.67. The van der Waals surface area contributed by atoms with E-state index in [1.54, 1.807) is 4.90 Å². The number of aryl methyl sites for hydroxylation is 1. The molecule has 6 nitrogen and oxygen atoms in total. The fourth-order valence-electron chi connectivity index (χ4n) is 4.33. The minimum Gasteiger partial charge on any atom is -0.353 e. The molecule has 0 saturated heterocycles. The van der Waals surface area contributed by atoms with Gasteiger partial charge in [-0.3, -0.25) is 4.79 Å². The Bertz CT molecular complexity index is 956. The summed E-state index contributed by atoms with van der Waals surface area (Å²) in [4.78, 5) is 30.2. The Kier molecular flexibility index (Phi) is 8.78. The summed E-state index contributed by atoms with van der Waals surface area (Å²) < 4.78 is 15.5. The first-order valence-electron chi connectivity index (χ1n) is 11.6. The molecule has 1 fully saturated rings. The van der Waals surface area contributed by atoms with E-state index in [0.29, 0.717) is 24.7 Å². The molecular formula is C25H34ClFN4O2. The Labute approximate surface area is 200 Å². The molecule has 8 heteroatoms. The van der Waals surface area contributed by atoms with E-state index in [4.69, 9.17) is 11.6 Å². The molecule has 1 saturated carbocycles. The lowest BCUT2D eigenvalue weighted by Gasteiger charge is -2.35. The molecule has 3 amide bonds. The van der Waals surface area contributed by atoms with Crippen molar-refractivity contribution in [3.63, 3.8) is 0 Å². The maximum Gasteiger partial charge on any atom is 0.322 e. The Hall–Kier alpha value is -2.54. The van der Waals surface area contributed by atoms with Crippen molar-refractivity contribution in [3.05, 3.63) is 53.1 Å². The fourth-order valence-corrected chi connectivity index (χ4v) is 4.51. The third-order valence-electron chi connectivity index (χ3n) is 6.10. The van der Waals surface area contributed by atoms with Crippen molar-refractivity contribution in [3.8, 4) is 0 Å². The molecule has 0 aliphatic heterocycles. The van der Waals surface area contributed by atoms with Crippen molar-refractivity contribution in [2.24, 2.45) is 13.0 Å². The summed E-state index contributed by atoms with van der Waals surface area (Å²) in [6.07, 6.45) is 6.90. The van der Waals surface area contributed by atoms with Gasteiger partial charge in [-0.1, -0.05) is 44.7 Å². The number of halogens is 2. The summed E-state index contributed by atoms with van der Waals surface area (Å²) in [6.45, 7) is 5.26. The minimum absolute atomic E-state index is 0.00255. The lowest BCUT2D eigenvalue weighted by Crippen LogP contribution is -2.50. The van der Waals surface area contributed by atoms with Crippen LogP contribution < -0.4 is 5.32 Å². The highest BCUT2D eigenvalue weighted by Crippen LogP contribution is 2.25. The number of amides is 3. The number of anilines is 1. The molecule has 1 N–H and O–H groups in total. The monoisotopic (exact) mass is 476 g/mol. The van der Waals surface area contributed by atoms with Gasteiger partial charge in [-0.25, -0.2) is 9.18 Å². The summed E-state index contributed by atoms with van der Waals surface area (Å²) in [5.41, 5.74) is 1.45. The summed E-state index contributed by atoms with van der Waals surface area (Å²) in [5, 5.41) is 2.75. The Morgan fingerprint density at radius 3 is 2.55 bits per heavy atom. The molecule has 33 heavy (non-hydrogen) atoms. The quantitative estimate of drug-likeness (QED) is 0.533. The van der Waals surface area contributed by atoms with Crippen molar-refractivity contribution in [1.82, 2.24) is 14.4 Å². The van der Waals surface area contributed by atoms with E-state index in [0.717, 1.165) is 37.8 Å². The van der Waals surface area contributed by atoms with Crippen LogP contribution >= 0.6 is 11.6 Å². The molecule has 0 atom stereocenters. The van der Waals surface area contributed by atoms with Gasteiger partial charge in [0.1, 0.15) is 12.4 Å². The summed E-state index contributed by atoms with van der Waals surface area (Å²) >= 11 is 5.88. The second kappa shape index (κ2) is 11.5. The highest BCUT2D eigenvalue weighted by molar-refractivity contribution is 6.31. The highest BCUT2D eigenvalue weighted by Gasteiger charge is 2.29. The maximum atomic E-state index is 13.5. The second-order valence-corrected chi connectivity index (χ2v) is 9.66. The Balaban J connectivity index is 1.78. The van der Waals surface area contributed by atoms with Crippen LogP contribution in [0.1, 0.15) is 51.6 Å². The van der Waals surface area contributed by atoms with Gasteiger partial charge in [0.2, 0.25) is 5.91 Å². The van der Waals surface area contributed by atoms with E-state index in [2.05, 4.69) is 19.2 Å². The number of nitrogens with one attached hydrogen (secondary N) is 1. The number of urea groups is 1. The van der Waals surface area contributed by atoms with Gasteiger partial charge < -0.3 is 19.7 Å². The van der Waals surface area contributed by atoms with Crippen molar-refractivity contribution in [2.75, 3.05) is 18.4 Å². The molecule has 1 aliphatic rings. The van der Waals surface area contributed by atoms with Crippen LogP contribution in [0, 0.1) is 11.7 Å². The largest absolute Gasteiger partial charge is 0.353 e. The van der Waals surface area contributed by atoms with Crippen LogP contribution in [0.4, 0.5) is 14.9 Å². The van der Waals surface area contributed by atoms with Gasteiger partial charge in [-0.05, 0) is 49.1 Å². The van der Waals surface area contributed by atoms with Crippen molar-refractivity contribution in [1.29, 1.82) is 0 Å². The Morgan fingerprint density at radius 2 is 1.94 bits per heavy atom. The summed E-state index contributed by atoms with van der Waals surface area (Å²) in [6, 6.07) is 7.68. The lowest BCUT2D eigenvalue weighted by atomic mass is 9.94. The fraction of sp³-hybridized carbons (Fsp3) is 0.520. The van der Waals surface area contributed by atoms with Crippen LogP contribution in [-0.2, 0) is 18.4 Å². The maximum absolute atomic E-state index is 13.5. The molecule has 0 spiro atoms. The summed E-state index contributed by atoms with van der Waals surface area (Å²) in [5.74, 6) is -0.325. The number of benzene rings is 1. The second-order valence-electron chi connectivity index (χ2n) is 9.26. The molecule has 0 bridgehead atoms. The van der Waals surface area contributed by atoms with Gasteiger partial charge in [0, 0.05) is 37.2 Å². The first-order chi connectivity index (χ1) is 15.7. The van der Waals surface area contributed by atoms with Gasteiger partial charge >= 0.3 is 6.03 Å². The highest BCUT2D eigenvalue weighted by atomic mass is 35.5. The number of aromatic nitrogens is 1. The third kappa shape index (κ3) is 6.97. The molecule has 180 valence electrons. The molecule has 0 radical (unpaired) electrons. The van der Waals surface area contributed by atoms with E-state index in [-0.39, 0.29) is 29.5 Å². The first-order valence-corrected chi connectivity index (χ1v) is 12.0. The van der Waals surface area contributed by atoms with Crippen LogP contribution in [0.3, 0.4) is 0 Å². The zero-order valence-corrected chi connectivity index (χ0v) is 20.4. The van der Waals surface area contributed by atoms with Crippen LogP contribution in [0.15, 0.2) is 36.5 Å². The number of hydrogen-bond donors (Lipinski definition) is 1. The number of hydrogen-bond acceptors (Lipinski definition) is 2. The number of rotatable bonds is 8. The smallest absolute Gasteiger partial charge is 0.322 e. The van der Waals surface area contributed by atoms with Crippen LogP contribution in [-0.4, -0.2) is 45.4 Å². The standard InChI is InChI=1S/C25H34ClFN4O2/c1-18(2)15-30(16-21-10-7-13-29(21)3)24(32)17-31(20-8-5-4-6-9-20)25(33)28-19-11-12-23(27)22(26)14-19/h7,10-14,18,20H,4-6,8-9,15-17H2,1-3H3,(H,28,33). The van der Waals surface area contributed by atoms with E-state index in [1.807, 2.05) is 34.8 Å². The molecule has 3 rings (SSSR count). The topological polar surface area (TPSA) is 57.6 Å². The normalized spacial score (nSPS) is 14.4. The average molecular weight is 477 g/mol. The van der Waals surface area contributed by atoms with Crippen LogP contribution in [0.2, 0.25) is 5.02 Å². The number of carbonyl (C=O) groups is 2. The SMILES string of the molecule is CC(C)CN(Cc1cccn1C)C(=O)CN(C(=O)Nc1ccc(F)c(Cl)c1)C1CCCCC1. The van der Waals surface area contributed by atoms with Crippen LogP contribution in [0.25, 0.3) is 0 Å². The molecule has 1 aromatic heterocycles. The average Bonchev–Trinajstić information content (AvgIpc) is 3.18. The first kappa shape index (κ1) is 25.1. The number of carbonyl (C=O) groups excluding carboxylic acids is 2. The van der Waals surface area contributed by atoms with Gasteiger partial charge in [0.15, 0.2) is 0 Å². The van der Waals surface area contributed by atoms with Gasteiger partial charge in [-0.2, -0.15) is 0 Å². The minimum atomic E-state index is -0.543. The summed E-state index contributed by atoms with van der Waals surface area (Å²) in [7, 11) is 1.96. The molecule has 1 aliphatic carbocycles. The lowest BCUT2D eigenvalue weighted by molar-refractivity contribution is -0.133. The van der Waals surface area contributed by atoms with Gasteiger partial charge in [0.25, 0.3) is 0 Å². The van der Waals surface area contributed by atoms with E-state index in [9.17, 15) is 14.0 Å². The molecule has 1 aromatic carbocycles. The van der Waals surface area contributed by atoms with E-state index in [1.165, 1.54) is 18.2 Å². The van der Waals surface area contributed by atoms with Crippen LogP contribution in [0.5, 0.6) is 0 Å². The predicted molar refractivity (Wildman–Crippen MR) is 130 cm³/mol. The van der Waals surface area contributed by atoms with E-state index < -0.39 is 5.82 Å². The van der Waals surface area contributed by atoms with Gasteiger partial charge in [-0.15, -0.1) is 0 Å². The number of nitrogens with zero attached hydrogens (tertiary/aromatic N) is 3. The molecule has 0 unspecified atom stereocenters. The Morgan fingerprint density at radius 1 is 1.21 bits per heavy atom. The third-order valence-corrected chi connectivity index (χ3v) is 6.38.